The summed E-state index contributed by atoms with van der Waals surface area (Å²) in [5, 5.41) is 0.385. The van der Waals surface area contributed by atoms with Gasteiger partial charge in [-0.1, -0.05) is 37.6 Å². The third-order valence-corrected chi connectivity index (χ3v) is 3.87. The smallest absolute Gasteiger partial charge is 0.276 e. The van der Waals surface area contributed by atoms with Gasteiger partial charge < -0.3 is 9.47 Å². The molecule has 0 bridgehead atoms. The Morgan fingerprint density at radius 2 is 1.77 bits per heavy atom. The van der Waals surface area contributed by atoms with Crippen LogP contribution in [0.25, 0.3) is 0 Å². The van der Waals surface area contributed by atoms with Crippen molar-refractivity contribution in [3.8, 4) is 11.5 Å². The van der Waals surface area contributed by atoms with Crippen LogP contribution in [0.5, 0.6) is 11.5 Å². The molecule has 7 heteroatoms. The molecular formula is C19H21ClN2O4. The molecule has 0 radical (unpaired) electrons. The molecule has 0 fully saturated rings. The number of hydrogen-bond acceptors (Lipinski definition) is 4. The van der Waals surface area contributed by atoms with Gasteiger partial charge in [0.05, 0.1) is 12.7 Å². The monoisotopic (exact) mass is 376 g/mol. The average molecular weight is 377 g/mol. The maximum absolute atomic E-state index is 12.2. The summed E-state index contributed by atoms with van der Waals surface area (Å²) in [5.41, 5.74) is 5.99. The summed E-state index contributed by atoms with van der Waals surface area (Å²) < 4.78 is 10.5. The third kappa shape index (κ3) is 5.39. The zero-order chi connectivity index (χ0) is 19.1. The Labute approximate surface area is 157 Å². The van der Waals surface area contributed by atoms with E-state index in [1.165, 1.54) is 18.7 Å². The highest BCUT2D eigenvalue weighted by molar-refractivity contribution is 6.31. The number of rotatable bonds is 6. The van der Waals surface area contributed by atoms with Crippen LogP contribution in [-0.2, 0) is 4.79 Å². The first-order chi connectivity index (χ1) is 12.4. The average Bonchev–Trinajstić information content (AvgIpc) is 2.64. The topological polar surface area (TPSA) is 76.7 Å². The number of halogens is 1. The summed E-state index contributed by atoms with van der Waals surface area (Å²) in [6.07, 6.45) is 0. The molecule has 0 heterocycles. The number of nitrogens with one attached hydrogen (secondary N) is 2. The van der Waals surface area contributed by atoms with Crippen LogP contribution in [0.3, 0.4) is 0 Å². The lowest BCUT2D eigenvalue weighted by Crippen LogP contribution is -2.43. The molecule has 0 unspecified atom stereocenters. The van der Waals surface area contributed by atoms with E-state index in [9.17, 15) is 9.59 Å². The van der Waals surface area contributed by atoms with E-state index in [4.69, 9.17) is 21.1 Å². The molecule has 0 saturated heterocycles. The lowest BCUT2D eigenvalue weighted by molar-refractivity contribution is -0.123. The summed E-state index contributed by atoms with van der Waals surface area (Å²) in [6.45, 7) is 3.97. The van der Waals surface area contributed by atoms with Crippen LogP contribution in [0.15, 0.2) is 42.5 Å². The number of amides is 2. The molecule has 6 nitrogen and oxygen atoms in total. The van der Waals surface area contributed by atoms with E-state index in [1.807, 2.05) is 12.1 Å². The molecule has 2 N–H and O–H groups in total. The van der Waals surface area contributed by atoms with Crippen molar-refractivity contribution in [2.45, 2.75) is 19.8 Å². The standard InChI is InChI=1S/C19H21ClN2O4/c1-12(2)13-4-7-15(8-5-13)26-11-18(23)21-22-19(24)16-10-14(20)6-9-17(16)25-3/h4-10,12H,11H2,1-3H3,(H,21,23)(H,22,24). The molecule has 0 atom stereocenters. The Hall–Kier alpha value is -2.73. The fourth-order valence-electron chi connectivity index (χ4n) is 2.19. The van der Waals surface area contributed by atoms with Crippen molar-refractivity contribution in [2.24, 2.45) is 0 Å². The first-order valence-corrected chi connectivity index (χ1v) is 8.44. The minimum atomic E-state index is -0.543. The first kappa shape index (κ1) is 19.6. The third-order valence-electron chi connectivity index (χ3n) is 3.64. The first-order valence-electron chi connectivity index (χ1n) is 8.06. The fourth-order valence-corrected chi connectivity index (χ4v) is 2.36. The molecule has 0 aliphatic heterocycles. The molecule has 0 aliphatic carbocycles. The highest BCUT2D eigenvalue weighted by atomic mass is 35.5. The summed E-state index contributed by atoms with van der Waals surface area (Å²) in [7, 11) is 1.44. The van der Waals surface area contributed by atoms with Crippen LogP contribution in [0.2, 0.25) is 5.02 Å². The quantitative estimate of drug-likeness (QED) is 0.758. The molecule has 138 valence electrons. The second kappa shape index (κ2) is 9.10. The number of benzene rings is 2. The van der Waals surface area contributed by atoms with Crippen molar-refractivity contribution in [3.63, 3.8) is 0 Å². The lowest BCUT2D eigenvalue weighted by atomic mass is 10.0. The van der Waals surface area contributed by atoms with E-state index in [1.54, 1.807) is 24.3 Å². The minimum Gasteiger partial charge on any atom is -0.496 e. The van der Waals surface area contributed by atoms with Crippen molar-refractivity contribution >= 4 is 23.4 Å². The Balaban J connectivity index is 1.85. The second-order valence-electron chi connectivity index (χ2n) is 5.86. The van der Waals surface area contributed by atoms with Crippen molar-refractivity contribution in [1.29, 1.82) is 0 Å². The van der Waals surface area contributed by atoms with E-state index in [0.717, 1.165) is 0 Å². The maximum atomic E-state index is 12.2. The normalized spacial score (nSPS) is 10.3. The predicted molar refractivity (Wildman–Crippen MR) is 99.6 cm³/mol. The molecule has 26 heavy (non-hydrogen) atoms. The van der Waals surface area contributed by atoms with Gasteiger partial charge in [0, 0.05) is 5.02 Å². The van der Waals surface area contributed by atoms with Crippen molar-refractivity contribution in [3.05, 3.63) is 58.6 Å². The lowest BCUT2D eigenvalue weighted by Gasteiger charge is -2.11. The summed E-state index contributed by atoms with van der Waals surface area (Å²) in [4.78, 5) is 24.0. The van der Waals surface area contributed by atoms with Gasteiger partial charge in [-0.15, -0.1) is 0 Å². The summed E-state index contributed by atoms with van der Waals surface area (Å²) in [5.74, 6) is 0.312. The van der Waals surface area contributed by atoms with E-state index in [2.05, 4.69) is 24.7 Å². The largest absolute Gasteiger partial charge is 0.496 e. The van der Waals surface area contributed by atoms with Gasteiger partial charge in [0.15, 0.2) is 6.61 Å². The molecule has 2 aromatic carbocycles. The number of ether oxygens (including phenoxy) is 2. The molecule has 0 aliphatic rings. The minimum absolute atomic E-state index is 0.213. The maximum Gasteiger partial charge on any atom is 0.276 e. The Morgan fingerprint density at radius 3 is 2.38 bits per heavy atom. The number of carbonyl (C=O) groups excluding carboxylic acids is 2. The van der Waals surface area contributed by atoms with Gasteiger partial charge in [-0.25, -0.2) is 0 Å². The molecule has 0 aromatic heterocycles. The molecule has 0 saturated carbocycles. The van der Waals surface area contributed by atoms with Gasteiger partial charge in [0.1, 0.15) is 11.5 Å². The van der Waals surface area contributed by atoms with Gasteiger partial charge in [-0.05, 0) is 41.8 Å². The highest BCUT2D eigenvalue weighted by Gasteiger charge is 2.14. The number of methoxy groups -OCH3 is 1. The fraction of sp³-hybridized carbons (Fsp3) is 0.263. The molecule has 0 spiro atoms. The molecule has 2 amide bonds. The van der Waals surface area contributed by atoms with Crippen LogP contribution in [0.1, 0.15) is 35.7 Å². The van der Waals surface area contributed by atoms with Gasteiger partial charge in [-0.3, -0.25) is 20.4 Å². The van der Waals surface area contributed by atoms with Crippen LogP contribution in [-0.4, -0.2) is 25.5 Å². The predicted octanol–water partition coefficient (Wildman–Crippen LogP) is 3.31. The van der Waals surface area contributed by atoms with Crippen molar-refractivity contribution in [2.75, 3.05) is 13.7 Å². The van der Waals surface area contributed by atoms with Gasteiger partial charge in [0.25, 0.3) is 11.8 Å². The van der Waals surface area contributed by atoms with Crippen LogP contribution >= 0.6 is 11.6 Å². The van der Waals surface area contributed by atoms with Crippen LogP contribution in [0.4, 0.5) is 0 Å². The Morgan fingerprint density at radius 1 is 1.08 bits per heavy atom. The Bertz CT molecular complexity index is 776. The zero-order valence-electron chi connectivity index (χ0n) is 14.8. The van der Waals surface area contributed by atoms with Crippen LogP contribution < -0.4 is 20.3 Å². The number of carbonyl (C=O) groups is 2. The van der Waals surface area contributed by atoms with E-state index < -0.39 is 11.8 Å². The molecule has 2 rings (SSSR count). The number of hydrazine groups is 1. The zero-order valence-corrected chi connectivity index (χ0v) is 15.6. The van der Waals surface area contributed by atoms with Crippen molar-refractivity contribution < 1.29 is 19.1 Å². The second-order valence-corrected chi connectivity index (χ2v) is 6.30. The van der Waals surface area contributed by atoms with E-state index in [0.29, 0.717) is 22.4 Å². The van der Waals surface area contributed by atoms with Gasteiger partial charge >= 0.3 is 0 Å². The van der Waals surface area contributed by atoms with Crippen LogP contribution in [0, 0.1) is 0 Å². The van der Waals surface area contributed by atoms with Gasteiger partial charge in [-0.2, -0.15) is 0 Å². The summed E-state index contributed by atoms with van der Waals surface area (Å²) in [6, 6.07) is 12.1. The number of hydrogen-bond donors (Lipinski definition) is 2. The van der Waals surface area contributed by atoms with Crippen molar-refractivity contribution in [1.82, 2.24) is 10.9 Å². The van der Waals surface area contributed by atoms with E-state index in [-0.39, 0.29) is 12.2 Å². The highest BCUT2D eigenvalue weighted by Crippen LogP contribution is 2.22. The SMILES string of the molecule is COc1ccc(Cl)cc1C(=O)NNC(=O)COc1ccc(C(C)C)cc1. The summed E-state index contributed by atoms with van der Waals surface area (Å²) >= 11 is 5.89. The Kier molecular flexibility index (Phi) is 6.86. The molecular weight excluding hydrogens is 356 g/mol. The van der Waals surface area contributed by atoms with Gasteiger partial charge in [0.2, 0.25) is 0 Å². The van der Waals surface area contributed by atoms with E-state index >= 15 is 0 Å². The molecule has 2 aromatic rings.